The van der Waals surface area contributed by atoms with E-state index in [0.29, 0.717) is 12.8 Å². The average molecular weight is 568 g/mol. The molecule has 3 atom stereocenters. The first-order valence-electron chi connectivity index (χ1n) is 14.1. The van der Waals surface area contributed by atoms with Crippen LogP contribution in [0.1, 0.15) is 117 Å². The van der Waals surface area contributed by atoms with Gasteiger partial charge in [0.1, 0.15) is 12.7 Å². The van der Waals surface area contributed by atoms with Crippen LogP contribution in [0.15, 0.2) is 0 Å². The Bertz CT molecular complexity index is 691. The van der Waals surface area contributed by atoms with Crippen LogP contribution in [-0.2, 0) is 32.7 Å². The minimum Gasteiger partial charge on any atom is -0.480 e. The predicted molar refractivity (Wildman–Crippen MR) is 143 cm³/mol. The molecule has 4 N–H and O–H groups in total. The van der Waals surface area contributed by atoms with Crippen LogP contribution < -0.4 is 5.32 Å². The van der Waals surface area contributed by atoms with E-state index in [9.17, 15) is 34.1 Å². The standard InChI is InChI=1S/C26H50NO10P/c1-3-5-7-9-11-12-14-16-18-25(30)35-19-22(28)20-36-38(33,34)37-21-23(26(31)32)27-24(29)17-15-13-10-8-6-4-2/h22-23,28H,3-21H2,1-2H3,(H,27,29)(H,31,32)(H,33,34). The van der Waals surface area contributed by atoms with E-state index in [2.05, 4.69) is 28.2 Å². The SMILES string of the molecule is CCCCCCCCCCC(=O)OCC(O)COP(=O)(O)OCC(NC(=O)CCCCCCCC)C(=O)O. The minimum absolute atomic E-state index is 0.146. The van der Waals surface area contributed by atoms with Crippen LogP contribution in [0.25, 0.3) is 0 Å². The third kappa shape index (κ3) is 22.5. The second kappa shape index (κ2) is 23.4. The minimum atomic E-state index is -4.72. The maximum Gasteiger partial charge on any atom is 0.472 e. The fourth-order valence-corrected chi connectivity index (χ4v) is 4.38. The number of carbonyl (C=O) groups excluding carboxylic acids is 2. The van der Waals surface area contributed by atoms with Gasteiger partial charge in [0.25, 0.3) is 0 Å². The molecule has 3 unspecified atom stereocenters. The van der Waals surface area contributed by atoms with Gasteiger partial charge in [0.2, 0.25) is 5.91 Å². The molecule has 1 amide bonds. The van der Waals surface area contributed by atoms with E-state index in [4.69, 9.17) is 4.74 Å². The number of esters is 1. The Balaban J connectivity index is 4.11. The number of rotatable bonds is 26. The third-order valence-corrected chi connectivity index (χ3v) is 6.85. The Hall–Kier alpha value is -1.52. The molecule has 0 radical (unpaired) electrons. The zero-order valence-corrected chi connectivity index (χ0v) is 24.1. The number of hydrogen-bond donors (Lipinski definition) is 4. The highest BCUT2D eigenvalue weighted by molar-refractivity contribution is 7.47. The highest BCUT2D eigenvalue weighted by atomic mass is 31.2. The zero-order valence-electron chi connectivity index (χ0n) is 23.2. The first-order chi connectivity index (χ1) is 18.1. The Morgan fingerprint density at radius 2 is 1.21 bits per heavy atom. The molecular weight excluding hydrogens is 517 g/mol. The summed E-state index contributed by atoms with van der Waals surface area (Å²) < 4.78 is 26.3. The van der Waals surface area contributed by atoms with Gasteiger partial charge in [-0.1, -0.05) is 90.9 Å². The van der Waals surface area contributed by atoms with Crippen molar-refractivity contribution in [3.63, 3.8) is 0 Å². The third-order valence-electron chi connectivity index (χ3n) is 5.90. The van der Waals surface area contributed by atoms with Gasteiger partial charge in [-0.2, -0.15) is 0 Å². The number of unbranched alkanes of at least 4 members (excludes halogenated alkanes) is 12. The molecule has 0 aliphatic heterocycles. The highest BCUT2D eigenvalue weighted by Crippen LogP contribution is 2.43. The number of carboxylic acids is 1. The summed E-state index contributed by atoms with van der Waals surface area (Å²) in [4.78, 5) is 44.9. The number of ether oxygens (including phenoxy) is 1. The van der Waals surface area contributed by atoms with Crippen LogP contribution in [0.4, 0.5) is 0 Å². The smallest absolute Gasteiger partial charge is 0.472 e. The molecule has 0 saturated carbocycles. The van der Waals surface area contributed by atoms with Crippen molar-refractivity contribution >= 4 is 25.7 Å². The summed E-state index contributed by atoms with van der Waals surface area (Å²) in [7, 11) is -4.72. The van der Waals surface area contributed by atoms with Gasteiger partial charge in [0.15, 0.2) is 6.04 Å². The molecule has 0 heterocycles. The topological polar surface area (TPSA) is 169 Å². The van der Waals surface area contributed by atoms with E-state index in [-0.39, 0.29) is 12.8 Å². The molecule has 0 bridgehead atoms. The number of phosphoric acid groups is 1. The summed E-state index contributed by atoms with van der Waals surface area (Å²) in [6, 6.07) is -1.53. The Morgan fingerprint density at radius 3 is 1.74 bits per heavy atom. The van der Waals surface area contributed by atoms with Crippen LogP contribution >= 0.6 is 7.82 Å². The number of carbonyl (C=O) groups is 3. The molecule has 0 rings (SSSR count). The first-order valence-corrected chi connectivity index (χ1v) is 15.6. The van der Waals surface area contributed by atoms with E-state index in [1.54, 1.807) is 0 Å². The molecule has 0 aromatic carbocycles. The molecule has 0 aliphatic rings. The Morgan fingerprint density at radius 1 is 0.737 bits per heavy atom. The van der Waals surface area contributed by atoms with Crippen molar-refractivity contribution in [1.82, 2.24) is 5.32 Å². The van der Waals surface area contributed by atoms with Gasteiger partial charge in [-0.3, -0.25) is 18.6 Å². The number of nitrogens with one attached hydrogen (secondary N) is 1. The lowest BCUT2D eigenvalue weighted by Gasteiger charge is -2.18. The highest BCUT2D eigenvalue weighted by Gasteiger charge is 2.28. The number of aliphatic carboxylic acids is 1. The van der Waals surface area contributed by atoms with Gasteiger partial charge in [0.05, 0.1) is 13.2 Å². The van der Waals surface area contributed by atoms with Crippen LogP contribution in [-0.4, -0.2) is 64.9 Å². The summed E-state index contributed by atoms with van der Waals surface area (Å²) in [5.74, 6) is -2.39. The van der Waals surface area contributed by atoms with E-state index >= 15 is 0 Å². The molecule has 0 saturated heterocycles. The number of hydrogen-bond acceptors (Lipinski definition) is 8. The van der Waals surface area contributed by atoms with Crippen molar-refractivity contribution in [2.75, 3.05) is 19.8 Å². The number of phosphoric ester groups is 1. The molecule has 224 valence electrons. The van der Waals surface area contributed by atoms with Crippen molar-refractivity contribution in [3.05, 3.63) is 0 Å². The lowest BCUT2D eigenvalue weighted by molar-refractivity contribution is -0.147. The zero-order chi connectivity index (χ0) is 28.7. The van der Waals surface area contributed by atoms with Crippen molar-refractivity contribution < 1.29 is 47.8 Å². The second-order valence-corrected chi connectivity index (χ2v) is 11.1. The van der Waals surface area contributed by atoms with Crippen molar-refractivity contribution in [1.29, 1.82) is 0 Å². The second-order valence-electron chi connectivity index (χ2n) is 9.60. The lowest BCUT2D eigenvalue weighted by Crippen LogP contribution is -2.43. The van der Waals surface area contributed by atoms with Crippen LogP contribution in [0.2, 0.25) is 0 Å². The molecule has 0 aliphatic carbocycles. The molecule has 0 fully saturated rings. The van der Waals surface area contributed by atoms with Crippen molar-refractivity contribution in [3.8, 4) is 0 Å². The van der Waals surface area contributed by atoms with Crippen LogP contribution in [0, 0.1) is 0 Å². The number of carboxylic acid groups (broad SMARTS) is 1. The fourth-order valence-electron chi connectivity index (χ4n) is 3.61. The van der Waals surface area contributed by atoms with Crippen molar-refractivity contribution in [2.45, 2.75) is 129 Å². The molecule has 12 heteroatoms. The van der Waals surface area contributed by atoms with E-state index < -0.39 is 57.6 Å². The molecule has 0 aromatic rings. The van der Waals surface area contributed by atoms with Gasteiger partial charge >= 0.3 is 19.8 Å². The van der Waals surface area contributed by atoms with E-state index in [1.807, 2.05) is 0 Å². The van der Waals surface area contributed by atoms with Crippen molar-refractivity contribution in [2.24, 2.45) is 0 Å². The van der Waals surface area contributed by atoms with Crippen LogP contribution in [0.5, 0.6) is 0 Å². The summed E-state index contributed by atoms with van der Waals surface area (Å²) in [5, 5.41) is 21.4. The molecular formula is C26H50NO10P. The fraction of sp³-hybridized carbons (Fsp3) is 0.885. The summed E-state index contributed by atoms with van der Waals surface area (Å²) in [5.41, 5.74) is 0. The predicted octanol–water partition coefficient (Wildman–Crippen LogP) is 4.87. The van der Waals surface area contributed by atoms with E-state index in [0.717, 1.165) is 51.4 Å². The molecule has 0 spiro atoms. The lowest BCUT2D eigenvalue weighted by atomic mass is 10.1. The summed E-state index contributed by atoms with van der Waals surface area (Å²) in [6.45, 7) is 2.40. The average Bonchev–Trinajstić information content (AvgIpc) is 2.87. The van der Waals surface area contributed by atoms with Crippen LogP contribution in [0.3, 0.4) is 0 Å². The summed E-state index contributed by atoms with van der Waals surface area (Å²) >= 11 is 0. The number of aliphatic hydroxyl groups excluding tert-OH is 1. The normalized spacial score (nSPS) is 14.4. The molecule has 0 aromatic heterocycles. The van der Waals surface area contributed by atoms with Gasteiger partial charge in [-0.05, 0) is 12.8 Å². The summed E-state index contributed by atoms with van der Waals surface area (Å²) in [6.07, 6.45) is 13.5. The molecule has 38 heavy (non-hydrogen) atoms. The number of amides is 1. The largest absolute Gasteiger partial charge is 0.480 e. The first kappa shape index (κ1) is 36.5. The quantitative estimate of drug-likeness (QED) is 0.0642. The van der Waals surface area contributed by atoms with Gasteiger partial charge in [0, 0.05) is 12.8 Å². The number of aliphatic hydroxyl groups is 1. The van der Waals surface area contributed by atoms with Gasteiger partial charge in [-0.15, -0.1) is 0 Å². The van der Waals surface area contributed by atoms with Gasteiger partial charge < -0.3 is 25.2 Å². The Kier molecular flexibility index (Phi) is 22.4. The monoisotopic (exact) mass is 567 g/mol. The Labute approximate surface area is 227 Å². The van der Waals surface area contributed by atoms with E-state index in [1.165, 1.54) is 25.7 Å². The maximum atomic E-state index is 12.0. The maximum absolute atomic E-state index is 12.0. The van der Waals surface area contributed by atoms with Gasteiger partial charge in [-0.25, -0.2) is 9.36 Å². The molecule has 11 nitrogen and oxygen atoms in total.